The van der Waals surface area contributed by atoms with Crippen molar-refractivity contribution in [2.24, 2.45) is 0 Å². The first-order valence-electron chi connectivity index (χ1n) is 8.25. The molecule has 0 atom stereocenters. The van der Waals surface area contributed by atoms with E-state index in [2.05, 4.69) is 0 Å². The first-order valence-corrected chi connectivity index (χ1v) is 8.25. The average Bonchev–Trinajstić information content (AvgIpc) is 2.64. The maximum Gasteiger partial charge on any atom is 0.450 e. The zero-order valence-electron chi connectivity index (χ0n) is 17.9. The molecule has 0 aliphatic rings. The summed E-state index contributed by atoms with van der Waals surface area (Å²) in [7, 11) is 0. The monoisotopic (exact) mass is 766 g/mol. The van der Waals surface area contributed by atoms with Gasteiger partial charge in [-0.25, -0.2) is 0 Å². The molecule has 0 saturated carbocycles. The number of rotatable bonds is 6. The predicted molar refractivity (Wildman–Crippen MR) is 80.2 cm³/mol. The fourth-order valence-electron chi connectivity index (χ4n) is 1.04. The third kappa shape index (κ3) is 20.9. The normalized spacial score (nSPS) is 12.4. The zero-order chi connectivity index (χ0) is 32.6. The van der Waals surface area contributed by atoms with Crippen LogP contribution in [0.15, 0.2) is 0 Å². The quantitative estimate of drug-likeness (QED) is 0.281. The van der Waals surface area contributed by atoms with Crippen LogP contribution in [0, 0.1) is 40.8 Å². The molecule has 0 aromatic heterocycles. The maximum atomic E-state index is 11.3. The van der Waals surface area contributed by atoms with Gasteiger partial charge in [0.15, 0.2) is 0 Å². The van der Waals surface area contributed by atoms with Gasteiger partial charge in [-0.05, 0) is 0 Å². The Morgan fingerprint density at radius 1 is 0.275 bits per heavy atom. The second kappa shape index (κ2) is 15.9. The van der Waals surface area contributed by atoms with Crippen molar-refractivity contribution < 1.29 is 149 Å². The van der Waals surface area contributed by atoms with Crippen LogP contribution in [-0.4, -0.2) is 71.8 Å². The summed E-state index contributed by atoms with van der Waals surface area (Å²) >= 11 is 0. The van der Waals surface area contributed by atoms with Crippen molar-refractivity contribution in [3.8, 4) is 0 Å². The number of hydrogen-bond acceptors (Lipinski definition) is 6. The molecule has 0 heterocycles. The number of ketones is 6. The molecular weight excluding hydrogens is 762 g/mol. The van der Waals surface area contributed by atoms with E-state index in [0.29, 0.717) is 0 Å². The molecule has 0 aliphatic heterocycles. The molecule has 0 aromatic rings. The second-order valence-electron chi connectivity index (χ2n) is 6.06. The molecule has 0 N–H and O–H groups in total. The maximum absolute atomic E-state index is 11.3. The van der Waals surface area contributed by atoms with E-state index >= 15 is 0 Å². The fraction of sp³-hybridized carbons (Fsp3) is 0.600. The number of carbonyl (C=O) groups excluding carboxylic acids is 6. The van der Waals surface area contributed by atoms with Gasteiger partial charge in [-0.2, -0.15) is 79.0 Å². The van der Waals surface area contributed by atoms with Crippen LogP contribution in [0.5, 0.6) is 0 Å². The largest absolute Gasteiger partial charge is 0.450 e. The molecule has 0 rings (SSSR count). The summed E-state index contributed by atoms with van der Waals surface area (Å²) in [6.45, 7) is 0. The minimum Gasteiger partial charge on any atom is -0.289 e. The molecule has 6 nitrogen and oxygen atoms in total. The van der Waals surface area contributed by atoms with E-state index in [9.17, 15) is 108 Å². The molecule has 0 amide bonds. The molecule has 25 heteroatoms. The van der Waals surface area contributed by atoms with Crippen LogP contribution >= 0.6 is 0 Å². The van der Waals surface area contributed by atoms with Gasteiger partial charge < -0.3 is 0 Å². The van der Waals surface area contributed by atoms with Crippen molar-refractivity contribution >= 4 is 34.7 Å². The van der Waals surface area contributed by atoms with E-state index in [1.807, 2.05) is 0 Å². The molecule has 0 bridgehead atoms. The van der Waals surface area contributed by atoms with Crippen molar-refractivity contribution in [2.75, 3.05) is 0 Å². The van der Waals surface area contributed by atoms with E-state index in [-0.39, 0.29) is 40.8 Å². The number of Topliss-reactive ketones (excluding diaryl/α,β-unsaturated/α-hetero) is 6. The van der Waals surface area contributed by atoms with Crippen LogP contribution in [-0.2, 0) is 28.8 Å². The fourth-order valence-corrected chi connectivity index (χ4v) is 1.04. The Morgan fingerprint density at radius 3 is 0.400 bits per heavy atom. The van der Waals surface area contributed by atoms with Crippen LogP contribution < -0.4 is 0 Å². The SMILES string of the molecule is O=C(CC(=O)C(F)(F)F)C(F)(F)F.O=C(CC(=O)C(F)(F)F)C(F)(F)F.O=C(CC(=O)C(F)(F)F)C(F)(F)F.[Nd]. The van der Waals surface area contributed by atoms with Crippen molar-refractivity contribution in [2.45, 2.75) is 56.3 Å². The van der Waals surface area contributed by atoms with Crippen LogP contribution in [0.4, 0.5) is 79.0 Å². The van der Waals surface area contributed by atoms with Crippen molar-refractivity contribution in [1.82, 2.24) is 0 Å². The summed E-state index contributed by atoms with van der Waals surface area (Å²) in [6.07, 6.45) is -39.0. The summed E-state index contributed by atoms with van der Waals surface area (Å²) in [5, 5.41) is 0. The van der Waals surface area contributed by atoms with Gasteiger partial charge in [-0.3, -0.25) is 28.8 Å². The van der Waals surface area contributed by atoms with Gasteiger partial charge in [0.2, 0.25) is 34.7 Å². The summed E-state index contributed by atoms with van der Waals surface area (Å²) < 4.78 is 204. The average molecular weight is 768 g/mol. The number of hydrogen-bond donors (Lipinski definition) is 0. The summed E-state index contributed by atoms with van der Waals surface area (Å²) in [5.41, 5.74) is 0. The van der Waals surface area contributed by atoms with Gasteiger partial charge in [0.05, 0.1) is 19.3 Å². The van der Waals surface area contributed by atoms with Gasteiger partial charge in [0.25, 0.3) is 0 Å². The minimum absolute atomic E-state index is 0. The standard InChI is InChI=1S/3C5H2F6O2.Nd/c3*6-4(7,8)2(12)1-3(13)5(9,10)11;/h3*1H2;. The molecule has 40 heavy (non-hydrogen) atoms. The van der Waals surface area contributed by atoms with Crippen molar-refractivity contribution in [3.63, 3.8) is 0 Å². The molecule has 0 unspecified atom stereocenters. The third-order valence-corrected chi connectivity index (χ3v) is 2.86. The molecule has 0 fully saturated rings. The Hall–Kier alpha value is -1.89. The van der Waals surface area contributed by atoms with E-state index in [1.54, 1.807) is 0 Å². The number of carbonyl (C=O) groups is 6. The second-order valence-corrected chi connectivity index (χ2v) is 6.06. The molecule has 0 aromatic carbocycles. The molecule has 232 valence electrons. The Balaban J connectivity index is -0.000000240. The van der Waals surface area contributed by atoms with Gasteiger partial charge in [-0.15, -0.1) is 0 Å². The Morgan fingerprint density at radius 2 is 0.350 bits per heavy atom. The first-order chi connectivity index (χ1) is 16.6. The Kier molecular flexibility index (Phi) is 18.0. The van der Waals surface area contributed by atoms with Gasteiger partial charge in [0, 0.05) is 40.8 Å². The molecule has 0 aliphatic carbocycles. The number of alkyl halides is 18. The minimum atomic E-state index is -5.40. The van der Waals surface area contributed by atoms with E-state index in [0.717, 1.165) is 0 Å². The van der Waals surface area contributed by atoms with Crippen molar-refractivity contribution in [3.05, 3.63) is 0 Å². The molecular formula is C15H6F18NdO6. The summed E-state index contributed by atoms with van der Waals surface area (Å²) in [6, 6.07) is 0. The zero-order valence-corrected chi connectivity index (χ0v) is 21.1. The molecule has 0 saturated heterocycles. The van der Waals surface area contributed by atoms with E-state index in [1.165, 1.54) is 0 Å². The van der Waals surface area contributed by atoms with Crippen LogP contribution in [0.2, 0.25) is 0 Å². The smallest absolute Gasteiger partial charge is 0.289 e. The summed E-state index contributed by atoms with van der Waals surface area (Å²) in [4.78, 5) is 59.3. The van der Waals surface area contributed by atoms with Crippen LogP contribution in [0.3, 0.4) is 0 Å². The Bertz CT molecular complexity index is 726. The topological polar surface area (TPSA) is 102 Å². The van der Waals surface area contributed by atoms with Crippen molar-refractivity contribution in [1.29, 1.82) is 0 Å². The van der Waals surface area contributed by atoms with E-state index < -0.39 is 91.0 Å². The first kappa shape index (κ1) is 45.1. The van der Waals surface area contributed by atoms with E-state index in [4.69, 9.17) is 0 Å². The van der Waals surface area contributed by atoms with Crippen LogP contribution in [0.25, 0.3) is 0 Å². The number of halogens is 18. The molecule has 0 spiro atoms. The summed E-state index contributed by atoms with van der Waals surface area (Å²) in [5.74, 6) is -16.2. The van der Waals surface area contributed by atoms with Gasteiger partial charge in [-0.1, -0.05) is 0 Å². The van der Waals surface area contributed by atoms with Gasteiger partial charge >= 0.3 is 37.1 Å². The van der Waals surface area contributed by atoms with Crippen LogP contribution in [0.1, 0.15) is 19.3 Å². The third-order valence-electron chi connectivity index (χ3n) is 2.86. The predicted octanol–water partition coefficient (Wildman–Crippen LogP) is 4.92. The van der Waals surface area contributed by atoms with Gasteiger partial charge in [0.1, 0.15) is 0 Å². The molecule has 0 radical (unpaired) electrons. The Labute approximate surface area is 239 Å².